The third kappa shape index (κ3) is 5.74. The highest BCUT2D eigenvalue weighted by atomic mass is 79.9. The lowest BCUT2D eigenvalue weighted by Crippen LogP contribution is -2.39. The molecule has 0 aliphatic carbocycles. The third-order valence-electron chi connectivity index (χ3n) is 5.85. The molecule has 0 spiro atoms. The molecule has 1 atom stereocenters. The van der Waals surface area contributed by atoms with Crippen LogP contribution in [-0.2, 0) is 9.53 Å². The summed E-state index contributed by atoms with van der Waals surface area (Å²) in [7, 11) is 2.86. The predicted octanol–water partition coefficient (Wildman–Crippen LogP) is 3.99. The molecule has 11 heteroatoms. The van der Waals surface area contributed by atoms with Gasteiger partial charge in [0, 0.05) is 6.20 Å². The van der Waals surface area contributed by atoms with Gasteiger partial charge in [-0.05, 0) is 78.2 Å². The first kappa shape index (κ1) is 28.4. The number of carbonyl (C=O) groups excluding carboxylic acids is 1. The zero-order chi connectivity index (χ0) is 28.1. The molecule has 2 heterocycles. The van der Waals surface area contributed by atoms with Gasteiger partial charge < -0.3 is 23.7 Å². The molecular formula is C28H29BrN2O7S. The Morgan fingerprint density at radius 3 is 2.41 bits per heavy atom. The average Bonchev–Trinajstić information content (AvgIpc) is 3.25. The van der Waals surface area contributed by atoms with Gasteiger partial charge in [0.2, 0.25) is 0 Å². The van der Waals surface area contributed by atoms with Crippen LogP contribution in [0.15, 0.2) is 56.4 Å². The van der Waals surface area contributed by atoms with Gasteiger partial charge in [-0.2, -0.15) is 0 Å². The molecule has 0 amide bonds. The molecule has 2 aromatic carbocycles. The fourth-order valence-electron chi connectivity index (χ4n) is 4.25. The van der Waals surface area contributed by atoms with Crippen molar-refractivity contribution < 1.29 is 28.5 Å². The number of aromatic nitrogens is 1. The Bertz CT molecular complexity index is 1590. The monoisotopic (exact) mass is 616 g/mol. The first-order valence-corrected chi connectivity index (χ1v) is 14.0. The Balaban J connectivity index is 1.89. The van der Waals surface area contributed by atoms with Crippen LogP contribution in [0, 0.1) is 0 Å². The summed E-state index contributed by atoms with van der Waals surface area (Å²) in [5.74, 6) is 1.64. The van der Waals surface area contributed by atoms with Crippen LogP contribution in [0.3, 0.4) is 0 Å². The van der Waals surface area contributed by atoms with Crippen LogP contribution in [0.1, 0.15) is 37.9 Å². The number of ether oxygens (including phenoxy) is 5. The van der Waals surface area contributed by atoms with Crippen LogP contribution in [0.2, 0.25) is 0 Å². The number of rotatable bonds is 10. The van der Waals surface area contributed by atoms with Crippen LogP contribution in [0.4, 0.5) is 0 Å². The maximum Gasteiger partial charge on any atom is 0.337 e. The minimum absolute atomic E-state index is 0.230. The lowest BCUT2D eigenvalue weighted by Gasteiger charge is -2.23. The van der Waals surface area contributed by atoms with Crippen LogP contribution in [0.5, 0.6) is 23.0 Å². The number of hydrogen-bond donors (Lipinski definition) is 0. The summed E-state index contributed by atoms with van der Waals surface area (Å²) in [6, 6.07) is 8.25. The van der Waals surface area contributed by atoms with Crippen molar-refractivity contribution in [3.63, 3.8) is 0 Å². The van der Waals surface area contributed by atoms with Crippen molar-refractivity contribution in [3.05, 3.63) is 77.4 Å². The number of thiazole rings is 1. The first-order valence-electron chi connectivity index (χ1n) is 12.4. The number of nitrogens with zero attached hydrogens (tertiary/aromatic N) is 2. The summed E-state index contributed by atoms with van der Waals surface area (Å²) < 4.78 is 30.4. The molecule has 0 fully saturated rings. The van der Waals surface area contributed by atoms with Crippen LogP contribution >= 0.6 is 27.3 Å². The minimum atomic E-state index is -0.771. The van der Waals surface area contributed by atoms with E-state index in [0.29, 0.717) is 62.2 Å². The van der Waals surface area contributed by atoms with Gasteiger partial charge in [-0.1, -0.05) is 17.4 Å². The standard InChI is InChI=1S/C28H29BrN2O7S/c1-6-36-20-10-9-17(14-21(20)37-7-2)24-18(27(33)35-5)15-30-28-31(24)26(32)23(39-28)13-16-11-19(29)25(38-8-3)22(12-16)34-4/h9-15,24H,6-8H2,1-5H3/b23-13-/t24-/m0/s1. The van der Waals surface area contributed by atoms with E-state index >= 15 is 0 Å². The van der Waals surface area contributed by atoms with E-state index < -0.39 is 12.0 Å². The zero-order valence-electron chi connectivity index (χ0n) is 22.3. The lowest BCUT2D eigenvalue weighted by atomic mass is 9.97. The maximum absolute atomic E-state index is 13.8. The van der Waals surface area contributed by atoms with E-state index in [4.69, 9.17) is 23.7 Å². The van der Waals surface area contributed by atoms with Gasteiger partial charge in [-0.25, -0.2) is 9.79 Å². The minimum Gasteiger partial charge on any atom is -0.493 e. The molecule has 9 nitrogen and oxygen atoms in total. The Morgan fingerprint density at radius 1 is 1.03 bits per heavy atom. The molecule has 0 saturated carbocycles. The van der Waals surface area contributed by atoms with Crippen molar-refractivity contribution in [2.24, 2.45) is 4.99 Å². The van der Waals surface area contributed by atoms with Crippen molar-refractivity contribution in [2.45, 2.75) is 26.8 Å². The van der Waals surface area contributed by atoms with Gasteiger partial charge in [0.15, 0.2) is 27.8 Å². The lowest BCUT2D eigenvalue weighted by molar-refractivity contribution is -0.136. The Labute approximate surface area is 238 Å². The molecule has 1 aromatic heterocycles. The molecule has 1 aliphatic rings. The van der Waals surface area contributed by atoms with Gasteiger partial charge >= 0.3 is 5.97 Å². The highest BCUT2D eigenvalue weighted by Crippen LogP contribution is 2.37. The van der Waals surface area contributed by atoms with E-state index in [1.54, 1.807) is 31.4 Å². The van der Waals surface area contributed by atoms with E-state index in [0.717, 1.165) is 5.56 Å². The fourth-order valence-corrected chi connectivity index (χ4v) is 5.79. The van der Waals surface area contributed by atoms with Gasteiger partial charge in [0.25, 0.3) is 5.56 Å². The van der Waals surface area contributed by atoms with Crippen LogP contribution < -0.4 is 33.8 Å². The maximum atomic E-state index is 13.8. The topological polar surface area (TPSA) is 97.6 Å². The van der Waals surface area contributed by atoms with Gasteiger partial charge in [-0.15, -0.1) is 0 Å². The first-order chi connectivity index (χ1) is 18.9. The Hall–Kier alpha value is -3.57. The van der Waals surface area contributed by atoms with Crippen molar-refractivity contribution in [1.29, 1.82) is 0 Å². The van der Waals surface area contributed by atoms with E-state index in [-0.39, 0.29) is 11.1 Å². The summed E-state index contributed by atoms with van der Waals surface area (Å²) in [6.07, 6.45) is 3.22. The van der Waals surface area contributed by atoms with E-state index in [1.807, 2.05) is 32.9 Å². The van der Waals surface area contributed by atoms with Gasteiger partial charge in [0.1, 0.15) is 0 Å². The Kier molecular flexibility index (Phi) is 9.13. The quantitative estimate of drug-likeness (QED) is 0.318. The van der Waals surface area contributed by atoms with E-state index in [1.165, 1.54) is 29.2 Å². The molecule has 0 bridgehead atoms. The number of benzene rings is 2. The Morgan fingerprint density at radius 2 is 1.74 bits per heavy atom. The van der Waals surface area contributed by atoms with Crippen molar-refractivity contribution >= 4 is 39.3 Å². The number of esters is 1. The second-order valence-electron chi connectivity index (χ2n) is 8.22. The smallest absolute Gasteiger partial charge is 0.337 e. The number of halogens is 1. The van der Waals surface area contributed by atoms with Crippen LogP contribution in [-0.4, -0.2) is 44.6 Å². The predicted molar refractivity (Wildman–Crippen MR) is 152 cm³/mol. The number of hydrogen-bond acceptors (Lipinski definition) is 9. The molecule has 0 unspecified atom stereocenters. The van der Waals surface area contributed by atoms with E-state index in [2.05, 4.69) is 20.9 Å². The van der Waals surface area contributed by atoms with Gasteiger partial charge in [-0.3, -0.25) is 9.36 Å². The third-order valence-corrected chi connectivity index (χ3v) is 7.43. The molecule has 0 radical (unpaired) electrons. The number of carbonyl (C=O) groups is 1. The second kappa shape index (κ2) is 12.5. The summed E-state index contributed by atoms with van der Waals surface area (Å²) in [6.45, 7) is 7.02. The molecular weight excluding hydrogens is 588 g/mol. The van der Waals surface area contributed by atoms with E-state index in [9.17, 15) is 9.59 Å². The average molecular weight is 618 g/mol. The molecule has 0 saturated heterocycles. The van der Waals surface area contributed by atoms with Crippen molar-refractivity contribution in [1.82, 2.24) is 4.57 Å². The normalized spacial score (nSPS) is 14.7. The molecule has 3 aromatic rings. The summed E-state index contributed by atoms with van der Waals surface area (Å²) in [4.78, 5) is 31.5. The molecule has 1 aliphatic heterocycles. The van der Waals surface area contributed by atoms with Gasteiger partial charge in [0.05, 0.1) is 54.7 Å². The largest absolute Gasteiger partial charge is 0.493 e. The summed E-state index contributed by atoms with van der Waals surface area (Å²) in [5, 5.41) is 0. The molecule has 4 rings (SSSR count). The van der Waals surface area contributed by atoms with Crippen molar-refractivity contribution in [2.75, 3.05) is 34.0 Å². The van der Waals surface area contributed by atoms with Crippen molar-refractivity contribution in [3.8, 4) is 23.0 Å². The molecule has 0 N–H and O–H groups in total. The molecule has 39 heavy (non-hydrogen) atoms. The molecule has 206 valence electrons. The zero-order valence-corrected chi connectivity index (χ0v) is 24.7. The highest BCUT2D eigenvalue weighted by molar-refractivity contribution is 9.10. The fraction of sp³-hybridized carbons (Fsp3) is 0.321. The summed E-state index contributed by atoms with van der Waals surface area (Å²) >= 11 is 4.76. The second-order valence-corrected chi connectivity index (χ2v) is 10.1. The number of methoxy groups -OCH3 is 2. The van der Waals surface area contributed by atoms with Crippen LogP contribution in [0.25, 0.3) is 6.08 Å². The SMILES string of the molecule is CCOc1ccc([C@H]2C(C(=O)OC)=CN=c3s/c(=C\c4cc(Br)c(OCC)c(OC)c4)c(=O)n32)cc1OCC. The summed E-state index contributed by atoms with van der Waals surface area (Å²) in [5.41, 5.74) is 1.32. The highest BCUT2D eigenvalue weighted by Gasteiger charge is 2.31. The number of fused-ring (bicyclic) bond motifs is 1.